The first-order valence-corrected chi connectivity index (χ1v) is 8.43. The molecule has 1 aromatic carbocycles. The van der Waals surface area contributed by atoms with Crippen molar-refractivity contribution in [2.45, 2.75) is 0 Å². The molecule has 0 atom stereocenters. The lowest BCUT2D eigenvalue weighted by Crippen LogP contribution is -2.40. The number of carbonyl (C=O) groups is 1. The van der Waals surface area contributed by atoms with Crippen LogP contribution in [0.1, 0.15) is 5.56 Å². The molecule has 4 rings (SSSR count). The second-order valence-corrected chi connectivity index (χ2v) is 6.22. The first-order valence-electron chi connectivity index (χ1n) is 8.43. The van der Waals surface area contributed by atoms with Gasteiger partial charge in [-0.1, -0.05) is 0 Å². The van der Waals surface area contributed by atoms with Crippen LogP contribution < -0.4 is 10.6 Å². The van der Waals surface area contributed by atoms with Crippen molar-refractivity contribution in [3.05, 3.63) is 47.1 Å². The number of anilines is 1. The molecular formula is C18H20FN3O3. The number of benzene rings is 1. The largest absolute Gasteiger partial charge is 0.486 e. The highest BCUT2D eigenvalue weighted by atomic mass is 19.1. The Bertz CT molecular complexity index is 754. The number of allylic oxidation sites excluding steroid dienone is 1. The molecule has 3 aliphatic heterocycles. The zero-order valence-corrected chi connectivity index (χ0v) is 13.8. The van der Waals surface area contributed by atoms with E-state index in [9.17, 15) is 9.18 Å². The highest BCUT2D eigenvalue weighted by Gasteiger charge is 2.30. The van der Waals surface area contributed by atoms with E-state index in [1.165, 1.54) is 12.1 Å². The molecule has 25 heavy (non-hydrogen) atoms. The molecule has 0 bridgehead atoms. The van der Waals surface area contributed by atoms with E-state index in [1.807, 2.05) is 6.08 Å². The monoisotopic (exact) mass is 345 g/mol. The van der Waals surface area contributed by atoms with Crippen LogP contribution in [0.2, 0.25) is 0 Å². The summed E-state index contributed by atoms with van der Waals surface area (Å²) >= 11 is 0. The number of halogens is 1. The molecule has 6 nitrogen and oxygen atoms in total. The van der Waals surface area contributed by atoms with Gasteiger partial charge < -0.3 is 20.1 Å². The van der Waals surface area contributed by atoms with Crippen LogP contribution in [-0.2, 0) is 14.3 Å². The molecule has 3 aliphatic rings. The molecule has 7 heteroatoms. The zero-order chi connectivity index (χ0) is 17.2. The van der Waals surface area contributed by atoms with Crippen LogP contribution in [0, 0.1) is 5.82 Å². The number of rotatable bonds is 4. The Morgan fingerprint density at radius 1 is 1.28 bits per heavy atom. The summed E-state index contributed by atoms with van der Waals surface area (Å²) < 4.78 is 24.3. The minimum Gasteiger partial charge on any atom is -0.486 e. The summed E-state index contributed by atoms with van der Waals surface area (Å²) in [7, 11) is 0. The normalized spacial score (nSPS) is 23.1. The topological polar surface area (TPSA) is 62.8 Å². The van der Waals surface area contributed by atoms with Crippen molar-refractivity contribution < 1.29 is 18.7 Å². The van der Waals surface area contributed by atoms with Crippen molar-refractivity contribution >= 4 is 17.2 Å². The van der Waals surface area contributed by atoms with Gasteiger partial charge in [0.2, 0.25) is 0 Å². The van der Waals surface area contributed by atoms with E-state index < -0.39 is 0 Å². The van der Waals surface area contributed by atoms with Gasteiger partial charge in [-0.2, -0.15) is 0 Å². The summed E-state index contributed by atoms with van der Waals surface area (Å²) in [5.74, 6) is -0.114. The van der Waals surface area contributed by atoms with Crippen molar-refractivity contribution in [2.75, 3.05) is 51.3 Å². The fourth-order valence-corrected chi connectivity index (χ4v) is 3.23. The lowest BCUT2D eigenvalue weighted by atomic mass is 10.1. The van der Waals surface area contributed by atoms with Crippen LogP contribution in [-0.4, -0.2) is 56.8 Å². The molecule has 0 saturated carbocycles. The summed E-state index contributed by atoms with van der Waals surface area (Å²) in [5, 5.41) is 6.04. The first-order chi connectivity index (χ1) is 12.2. The molecule has 0 aromatic heterocycles. The summed E-state index contributed by atoms with van der Waals surface area (Å²) in [6.07, 6.45) is 1.85. The summed E-state index contributed by atoms with van der Waals surface area (Å²) in [4.78, 5) is 14.6. The first kappa shape index (κ1) is 16.1. The van der Waals surface area contributed by atoms with Gasteiger partial charge in [0.15, 0.2) is 0 Å². The van der Waals surface area contributed by atoms with Crippen LogP contribution in [0.15, 0.2) is 35.7 Å². The number of carbonyl (C=O) groups excluding carboxylic acids is 1. The smallest absolute Gasteiger partial charge is 0.260 e. The maximum atomic E-state index is 13.3. The third-order valence-electron chi connectivity index (χ3n) is 4.54. The second kappa shape index (κ2) is 6.85. The van der Waals surface area contributed by atoms with Crippen LogP contribution in [0.25, 0.3) is 5.57 Å². The van der Waals surface area contributed by atoms with E-state index in [0.717, 1.165) is 45.1 Å². The van der Waals surface area contributed by atoms with Gasteiger partial charge >= 0.3 is 0 Å². The highest BCUT2D eigenvalue weighted by Crippen LogP contribution is 2.36. The Kier molecular flexibility index (Phi) is 4.42. The molecule has 0 radical (unpaired) electrons. The maximum absolute atomic E-state index is 13.3. The lowest BCUT2D eigenvalue weighted by molar-refractivity contribution is -0.110. The van der Waals surface area contributed by atoms with Gasteiger partial charge in [-0.25, -0.2) is 4.39 Å². The standard InChI is InChI=1S/C18H20FN3O3/c19-12-1-2-14-15(9-12)21-18(23)17(14)16-10-13(11-25-16)20-3-4-22-5-7-24-8-6-22/h1-2,9-10,20H,3-8,11H2,(H,21,23)/b17-16-. The molecule has 3 heterocycles. The number of ether oxygens (including phenoxy) is 2. The predicted molar refractivity (Wildman–Crippen MR) is 91.2 cm³/mol. The van der Waals surface area contributed by atoms with E-state index in [2.05, 4.69) is 15.5 Å². The molecule has 1 aromatic rings. The van der Waals surface area contributed by atoms with E-state index in [1.54, 1.807) is 6.07 Å². The van der Waals surface area contributed by atoms with Crippen molar-refractivity contribution in [1.29, 1.82) is 0 Å². The second-order valence-electron chi connectivity index (χ2n) is 6.22. The minimum atomic E-state index is -0.376. The van der Waals surface area contributed by atoms with Gasteiger partial charge in [-0.3, -0.25) is 9.69 Å². The quantitative estimate of drug-likeness (QED) is 0.806. The lowest BCUT2D eigenvalue weighted by Gasteiger charge is -2.26. The maximum Gasteiger partial charge on any atom is 0.260 e. The van der Waals surface area contributed by atoms with Gasteiger partial charge in [0, 0.05) is 37.8 Å². The fourth-order valence-electron chi connectivity index (χ4n) is 3.23. The molecule has 0 spiro atoms. The van der Waals surface area contributed by atoms with Gasteiger partial charge in [0.1, 0.15) is 18.2 Å². The van der Waals surface area contributed by atoms with E-state index in [0.29, 0.717) is 29.2 Å². The number of hydrogen-bond acceptors (Lipinski definition) is 5. The Morgan fingerprint density at radius 2 is 2.12 bits per heavy atom. The highest BCUT2D eigenvalue weighted by molar-refractivity contribution is 6.32. The average molecular weight is 345 g/mol. The van der Waals surface area contributed by atoms with Crippen molar-refractivity contribution in [1.82, 2.24) is 10.2 Å². The zero-order valence-electron chi connectivity index (χ0n) is 13.8. The molecular weight excluding hydrogens is 325 g/mol. The number of nitrogens with zero attached hydrogens (tertiary/aromatic N) is 1. The van der Waals surface area contributed by atoms with E-state index >= 15 is 0 Å². The molecule has 132 valence electrons. The molecule has 1 amide bonds. The van der Waals surface area contributed by atoms with Crippen molar-refractivity contribution in [3.63, 3.8) is 0 Å². The fraction of sp³-hybridized carbons (Fsp3) is 0.389. The molecule has 2 N–H and O–H groups in total. The SMILES string of the molecule is O=C1Nc2cc(F)ccc2/C1=C1\C=C(NCCN2CCOCC2)CO1. The van der Waals surface area contributed by atoms with Crippen molar-refractivity contribution in [3.8, 4) is 0 Å². The minimum absolute atomic E-state index is 0.263. The van der Waals surface area contributed by atoms with Gasteiger partial charge in [-0.05, 0) is 18.2 Å². The molecule has 1 saturated heterocycles. The number of morpholine rings is 1. The Labute approximate surface area is 145 Å². The molecule has 1 fully saturated rings. The van der Waals surface area contributed by atoms with Crippen LogP contribution in [0.5, 0.6) is 0 Å². The Morgan fingerprint density at radius 3 is 2.96 bits per heavy atom. The van der Waals surface area contributed by atoms with Gasteiger partial charge in [-0.15, -0.1) is 0 Å². The predicted octanol–water partition coefficient (Wildman–Crippen LogP) is 1.32. The average Bonchev–Trinajstić information content (AvgIpc) is 3.18. The van der Waals surface area contributed by atoms with Crippen LogP contribution in [0.3, 0.4) is 0 Å². The molecule has 0 aliphatic carbocycles. The number of fused-ring (bicyclic) bond motifs is 1. The Balaban J connectivity index is 1.44. The summed E-state index contributed by atoms with van der Waals surface area (Å²) in [5.41, 5.74) is 2.56. The summed E-state index contributed by atoms with van der Waals surface area (Å²) in [6.45, 7) is 5.65. The van der Waals surface area contributed by atoms with Crippen molar-refractivity contribution in [2.24, 2.45) is 0 Å². The third-order valence-corrected chi connectivity index (χ3v) is 4.54. The van der Waals surface area contributed by atoms with Crippen LogP contribution >= 0.6 is 0 Å². The van der Waals surface area contributed by atoms with Gasteiger partial charge in [0.05, 0.1) is 30.2 Å². The third kappa shape index (κ3) is 3.38. The summed E-state index contributed by atoms with van der Waals surface area (Å²) in [6, 6.07) is 4.27. The van der Waals surface area contributed by atoms with Gasteiger partial charge in [0.25, 0.3) is 5.91 Å². The van der Waals surface area contributed by atoms with E-state index in [-0.39, 0.29) is 11.7 Å². The molecule has 0 unspecified atom stereocenters. The van der Waals surface area contributed by atoms with Crippen LogP contribution in [0.4, 0.5) is 10.1 Å². The number of hydrogen-bond donors (Lipinski definition) is 2. The number of amides is 1. The Hall–Kier alpha value is -2.38. The number of nitrogens with one attached hydrogen (secondary N) is 2. The van der Waals surface area contributed by atoms with E-state index in [4.69, 9.17) is 9.47 Å².